The first-order chi connectivity index (χ1) is 16.0. The lowest BCUT2D eigenvalue weighted by atomic mass is 10.2. The molecule has 0 atom stereocenters. The number of benzene rings is 2. The number of fused-ring (bicyclic) bond motifs is 1. The molecule has 1 fully saturated rings. The van der Waals surface area contributed by atoms with Crippen molar-refractivity contribution >= 4 is 33.4 Å². The molecule has 10 heteroatoms. The van der Waals surface area contributed by atoms with Crippen LogP contribution in [0.25, 0.3) is 11.4 Å². The van der Waals surface area contributed by atoms with Crippen molar-refractivity contribution in [3.8, 4) is 11.4 Å². The summed E-state index contributed by atoms with van der Waals surface area (Å²) in [6.07, 6.45) is 3.53. The summed E-state index contributed by atoms with van der Waals surface area (Å²) in [5, 5.41) is 7.63. The molecule has 0 aliphatic carbocycles. The van der Waals surface area contributed by atoms with E-state index in [-0.39, 0.29) is 11.7 Å². The Balaban J connectivity index is 1.25. The Bertz CT molecular complexity index is 1250. The first kappa shape index (κ1) is 22.1. The molecule has 5 rings (SSSR count). The molecule has 2 aliphatic heterocycles. The molecular formula is C23H25N5O3S2. The second kappa shape index (κ2) is 9.28. The minimum atomic E-state index is -3.48. The zero-order valence-electron chi connectivity index (χ0n) is 18.1. The van der Waals surface area contributed by atoms with Crippen LogP contribution >= 0.6 is 11.8 Å². The Kier molecular flexibility index (Phi) is 6.22. The maximum absolute atomic E-state index is 13.0. The van der Waals surface area contributed by atoms with E-state index in [4.69, 9.17) is 0 Å². The van der Waals surface area contributed by atoms with E-state index >= 15 is 0 Å². The zero-order valence-corrected chi connectivity index (χ0v) is 19.7. The van der Waals surface area contributed by atoms with Crippen molar-refractivity contribution in [1.82, 2.24) is 19.5 Å². The zero-order chi connectivity index (χ0) is 22.8. The summed E-state index contributed by atoms with van der Waals surface area (Å²) in [4.78, 5) is 19.4. The number of hydrogen-bond acceptors (Lipinski definition) is 6. The summed E-state index contributed by atoms with van der Waals surface area (Å²) in [6, 6.07) is 14.8. The number of thioether (sulfide) groups is 1. The SMILES string of the molecule is O=C(CSc1n[nH]c(-c2ccccc2)n1)N1CCc2cc(S(=O)(=O)N3CCCCC3)ccc21. The van der Waals surface area contributed by atoms with Crippen LogP contribution in [0.15, 0.2) is 58.6 Å². The highest BCUT2D eigenvalue weighted by molar-refractivity contribution is 7.99. The van der Waals surface area contributed by atoms with E-state index in [2.05, 4.69) is 15.2 Å². The van der Waals surface area contributed by atoms with Crippen molar-refractivity contribution in [3.05, 3.63) is 54.1 Å². The van der Waals surface area contributed by atoms with Crippen molar-refractivity contribution in [3.63, 3.8) is 0 Å². The van der Waals surface area contributed by atoms with E-state index < -0.39 is 10.0 Å². The highest BCUT2D eigenvalue weighted by Crippen LogP contribution is 2.32. The van der Waals surface area contributed by atoms with Crippen LogP contribution in [0.1, 0.15) is 24.8 Å². The predicted octanol–water partition coefficient (Wildman–Crippen LogP) is 3.33. The number of carbonyl (C=O) groups is 1. The fraction of sp³-hybridized carbons (Fsp3) is 0.348. The van der Waals surface area contributed by atoms with Gasteiger partial charge >= 0.3 is 0 Å². The summed E-state index contributed by atoms with van der Waals surface area (Å²) >= 11 is 1.28. The number of aromatic amines is 1. The average molecular weight is 484 g/mol. The highest BCUT2D eigenvalue weighted by atomic mass is 32.2. The Morgan fingerprint density at radius 1 is 1.03 bits per heavy atom. The number of anilines is 1. The maximum Gasteiger partial charge on any atom is 0.243 e. The molecule has 3 aromatic rings. The van der Waals surface area contributed by atoms with Crippen LogP contribution in [0.2, 0.25) is 0 Å². The van der Waals surface area contributed by atoms with Crippen molar-refractivity contribution in [2.45, 2.75) is 35.7 Å². The molecule has 33 heavy (non-hydrogen) atoms. The van der Waals surface area contributed by atoms with Gasteiger partial charge in [0.2, 0.25) is 21.1 Å². The van der Waals surface area contributed by atoms with Gasteiger partial charge in [-0.15, -0.1) is 5.10 Å². The number of sulfonamides is 1. The average Bonchev–Trinajstić information content (AvgIpc) is 3.51. The molecule has 1 saturated heterocycles. The molecule has 1 N–H and O–H groups in total. The fourth-order valence-electron chi connectivity index (χ4n) is 4.29. The van der Waals surface area contributed by atoms with Gasteiger partial charge in [0.1, 0.15) is 0 Å². The Morgan fingerprint density at radius 3 is 2.61 bits per heavy atom. The number of H-pyrrole nitrogens is 1. The number of hydrogen-bond donors (Lipinski definition) is 1. The third-order valence-electron chi connectivity index (χ3n) is 6.04. The van der Waals surface area contributed by atoms with E-state index in [9.17, 15) is 13.2 Å². The third kappa shape index (κ3) is 4.55. The van der Waals surface area contributed by atoms with Crippen LogP contribution in [-0.2, 0) is 21.2 Å². The van der Waals surface area contributed by atoms with Crippen molar-refractivity contribution in [2.75, 3.05) is 30.3 Å². The lowest BCUT2D eigenvalue weighted by molar-refractivity contribution is -0.116. The minimum Gasteiger partial charge on any atom is -0.311 e. The quantitative estimate of drug-likeness (QED) is 0.540. The van der Waals surface area contributed by atoms with Gasteiger partial charge in [-0.05, 0) is 43.0 Å². The first-order valence-electron chi connectivity index (χ1n) is 11.1. The van der Waals surface area contributed by atoms with Gasteiger partial charge in [0, 0.05) is 30.9 Å². The number of nitrogens with zero attached hydrogens (tertiary/aromatic N) is 4. The van der Waals surface area contributed by atoms with Crippen LogP contribution < -0.4 is 4.90 Å². The number of aromatic nitrogens is 3. The lowest BCUT2D eigenvalue weighted by Crippen LogP contribution is -2.35. The molecular weight excluding hydrogens is 458 g/mol. The number of carbonyl (C=O) groups excluding carboxylic acids is 1. The second-order valence-electron chi connectivity index (χ2n) is 8.17. The lowest BCUT2D eigenvalue weighted by Gasteiger charge is -2.26. The smallest absolute Gasteiger partial charge is 0.243 e. The number of amides is 1. The second-order valence-corrected chi connectivity index (χ2v) is 11.1. The van der Waals surface area contributed by atoms with Gasteiger partial charge in [-0.2, -0.15) is 4.31 Å². The molecule has 1 aromatic heterocycles. The first-order valence-corrected chi connectivity index (χ1v) is 13.5. The predicted molar refractivity (Wildman–Crippen MR) is 128 cm³/mol. The molecule has 8 nitrogen and oxygen atoms in total. The molecule has 2 aliphatic rings. The van der Waals surface area contributed by atoms with Gasteiger partial charge in [0.25, 0.3) is 0 Å². The van der Waals surface area contributed by atoms with E-state index in [0.717, 1.165) is 36.1 Å². The molecule has 172 valence electrons. The summed E-state index contributed by atoms with van der Waals surface area (Å²) in [6.45, 7) is 1.70. The minimum absolute atomic E-state index is 0.0450. The largest absolute Gasteiger partial charge is 0.311 e. The number of rotatable bonds is 6. The molecule has 0 spiro atoms. The molecule has 3 heterocycles. The van der Waals surface area contributed by atoms with Crippen LogP contribution in [0, 0.1) is 0 Å². The van der Waals surface area contributed by atoms with Crippen molar-refractivity contribution < 1.29 is 13.2 Å². The van der Waals surface area contributed by atoms with Crippen LogP contribution in [0.4, 0.5) is 5.69 Å². The van der Waals surface area contributed by atoms with E-state index in [1.165, 1.54) is 11.8 Å². The van der Waals surface area contributed by atoms with Crippen molar-refractivity contribution in [1.29, 1.82) is 0 Å². The maximum atomic E-state index is 13.0. The van der Waals surface area contributed by atoms with Gasteiger partial charge in [-0.1, -0.05) is 48.5 Å². The normalized spacial score (nSPS) is 16.7. The summed E-state index contributed by atoms with van der Waals surface area (Å²) in [5.41, 5.74) is 2.63. The number of piperidine rings is 1. The van der Waals surface area contributed by atoms with Gasteiger partial charge in [0.05, 0.1) is 10.6 Å². The highest BCUT2D eigenvalue weighted by Gasteiger charge is 2.30. The van der Waals surface area contributed by atoms with E-state index in [0.29, 0.717) is 41.9 Å². The number of nitrogens with one attached hydrogen (secondary N) is 1. The topological polar surface area (TPSA) is 99.3 Å². The summed E-state index contributed by atoms with van der Waals surface area (Å²) < 4.78 is 27.6. The van der Waals surface area contributed by atoms with Gasteiger partial charge in [0.15, 0.2) is 5.82 Å². The monoisotopic (exact) mass is 483 g/mol. The van der Waals surface area contributed by atoms with Gasteiger partial charge in [-0.3, -0.25) is 9.89 Å². The molecule has 2 aromatic carbocycles. The fourth-order valence-corrected chi connectivity index (χ4v) is 6.53. The Labute approximate surface area is 197 Å². The van der Waals surface area contributed by atoms with Crippen LogP contribution in [-0.4, -0.2) is 59.2 Å². The Morgan fingerprint density at radius 2 is 1.82 bits per heavy atom. The van der Waals surface area contributed by atoms with E-state index in [1.807, 2.05) is 30.3 Å². The van der Waals surface area contributed by atoms with Gasteiger partial charge < -0.3 is 4.90 Å². The Hall–Kier alpha value is -2.69. The van der Waals surface area contributed by atoms with Crippen LogP contribution in [0.3, 0.4) is 0 Å². The summed E-state index contributed by atoms with van der Waals surface area (Å²) in [5.74, 6) is 0.829. The molecule has 0 radical (unpaired) electrons. The molecule has 0 unspecified atom stereocenters. The van der Waals surface area contributed by atoms with E-state index in [1.54, 1.807) is 27.4 Å². The van der Waals surface area contributed by atoms with Crippen LogP contribution in [0.5, 0.6) is 0 Å². The third-order valence-corrected chi connectivity index (χ3v) is 8.76. The molecule has 0 saturated carbocycles. The standard InChI is InChI=1S/C23H25N5O3S2/c29-21(16-32-23-24-22(25-26-23)17-7-3-1-4-8-17)28-14-11-18-15-19(9-10-20(18)28)33(30,31)27-12-5-2-6-13-27/h1,3-4,7-10,15H,2,5-6,11-14,16H2,(H,24,25,26). The van der Waals surface area contributed by atoms with Crippen molar-refractivity contribution in [2.24, 2.45) is 0 Å². The summed E-state index contributed by atoms with van der Waals surface area (Å²) in [7, 11) is -3.48. The molecule has 0 bridgehead atoms. The van der Waals surface area contributed by atoms with Gasteiger partial charge in [-0.25, -0.2) is 13.4 Å². The molecule has 1 amide bonds.